The van der Waals surface area contributed by atoms with Gasteiger partial charge in [0.2, 0.25) is 0 Å². The standard InChI is InChI=1S/C14H15BrN2O/c1-9(18)3-8-13-16-10(2)14(17-13)11-4-6-12(15)7-5-11/h4-7H,3,8H2,1-2H3,(H,16,17). The Hall–Kier alpha value is -1.42. The van der Waals surface area contributed by atoms with Gasteiger partial charge in [-0.05, 0) is 26.0 Å². The summed E-state index contributed by atoms with van der Waals surface area (Å²) in [6, 6.07) is 8.06. The fourth-order valence-corrected chi connectivity index (χ4v) is 2.09. The van der Waals surface area contributed by atoms with Gasteiger partial charge in [0.25, 0.3) is 0 Å². The molecular weight excluding hydrogens is 292 g/mol. The number of nitrogens with zero attached hydrogens (tertiary/aromatic N) is 1. The first-order valence-corrected chi connectivity index (χ1v) is 6.66. The number of carbonyl (C=O) groups excluding carboxylic acids is 1. The average Bonchev–Trinajstić information content (AvgIpc) is 2.69. The number of imidazole rings is 1. The van der Waals surface area contributed by atoms with E-state index in [0.29, 0.717) is 12.8 Å². The maximum Gasteiger partial charge on any atom is 0.130 e. The van der Waals surface area contributed by atoms with E-state index >= 15 is 0 Å². The van der Waals surface area contributed by atoms with E-state index in [1.165, 1.54) is 0 Å². The summed E-state index contributed by atoms with van der Waals surface area (Å²) in [5.41, 5.74) is 3.08. The van der Waals surface area contributed by atoms with E-state index in [4.69, 9.17) is 0 Å². The van der Waals surface area contributed by atoms with Crippen molar-refractivity contribution in [1.29, 1.82) is 0 Å². The van der Waals surface area contributed by atoms with Gasteiger partial charge in [0.1, 0.15) is 11.6 Å². The van der Waals surface area contributed by atoms with Crippen LogP contribution in [0.15, 0.2) is 28.7 Å². The molecule has 1 aromatic heterocycles. The second-order valence-corrected chi connectivity index (χ2v) is 5.28. The maximum atomic E-state index is 11.0. The number of hydrogen-bond donors (Lipinski definition) is 1. The summed E-state index contributed by atoms with van der Waals surface area (Å²) >= 11 is 3.42. The summed E-state index contributed by atoms with van der Waals surface area (Å²) in [5, 5.41) is 0. The lowest BCUT2D eigenvalue weighted by molar-refractivity contribution is -0.117. The molecule has 0 radical (unpaired) electrons. The summed E-state index contributed by atoms with van der Waals surface area (Å²) < 4.78 is 1.05. The molecule has 1 N–H and O–H groups in total. The molecule has 4 heteroatoms. The van der Waals surface area contributed by atoms with Crippen molar-refractivity contribution >= 4 is 21.7 Å². The highest BCUT2D eigenvalue weighted by Crippen LogP contribution is 2.23. The number of rotatable bonds is 4. The Balaban J connectivity index is 2.23. The monoisotopic (exact) mass is 306 g/mol. The van der Waals surface area contributed by atoms with Gasteiger partial charge in [-0.15, -0.1) is 0 Å². The van der Waals surface area contributed by atoms with Crippen molar-refractivity contribution in [2.45, 2.75) is 26.7 Å². The van der Waals surface area contributed by atoms with Crippen molar-refractivity contribution in [3.63, 3.8) is 0 Å². The van der Waals surface area contributed by atoms with Gasteiger partial charge in [0.15, 0.2) is 0 Å². The number of aryl methyl sites for hydroxylation is 2. The summed E-state index contributed by atoms with van der Waals surface area (Å²) in [7, 11) is 0. The number of halogens is 1. The normalized spacial score (nSPS) is 10.6. The van der Waals surface area contributed by atoms with Gasteiger partial charge < -0.3 is 9.78 Å². The van der Waals surface area contributed by atoms with Crippen LogP contribution in [-0.2, 0) is 11.2 Å². The van der Waals surface area contributed by atoms with Crippen molar-refractivity contribution in [1.82, 2.24) is 9.97 Å². The zero-order chi connectivity index (χ0) is 13.1. The zero-order valence-corrected chi connectivity index (χ0v) is 12.0. The van der Waals surface area contributed by atoms with Crippen molar-refractivity contribution < 1.29 is 4.79 Å². The number of ketones is 1. The number of carbonyl (C=O) groups is 1. The highest BCUT2D eigenvalue weighted by molar-refractivity contribution is 9.10. The quantitative estimate of drug-likeness (QED) is 0.936. The van der Waals surface area contributed by atoms with E-state index in [2.05, 4.69) is 25.9 Å². The molecule has 0 fully saturated rings. The SMILES string of the molecule is CC(=O)CCc1nc(-c2ccc(Br)cc2)c(C)[nH]1. The van der Waals surface area contributed by atoms with Crippen LogP contribution in [0.1, 0.15) is 24.9 Å². The molecule has 0 aliphatic heterocycles. The first-order chi connectivity index (χ1) is 8.56. The molecule has 0 unspecified atom stereocenters. The van der Waals surface area contributed by atoms with Gasteiger partial charge in [-0.1, -0.05) is 28.1 Å². The fourth-order valence-electron chi connectivity index (χ4n) is 1.82. The Morgan fingerprint density at radius 2 is 2.00 bits per heavy atom. The second-order valence-electron chi connectivity index (χ2n) is 4.37. The third-order valence-electron chi connectivity index (χ3n) is 2.77. The molecular formula is C14H15BrN2O. The number of aromatic amines is 1. The lowest BCUT2D eigenvalue weighted by atomic mass is 10.1. The van der Waals surface area contributed by atoms with Crippen molar-refractivity contribution in [3.8, 4) is 11.3 Å². The van der Waals surface area contributed by atoms with Crippen LogP contribution in [0, 0.1) is 6.92 Å². The van der Waals surface area contributed by atoms with Gasteiger partial charge in [0, 0.05) is 28.6 Å². The molecule has 94 valence electrons. The predicted octanol–water partition coefficient (Wildman–Crippen LogP) is 3.67. The van der Waals surface area contributed by atoms with Crippen molar-refractivity contribution in [3.05, 3.63) is 40.3 Å². The highest BCUT2D eigenvalue weighted by Gasteiger charge is 2.09. The minimum atomic E-state index is 0.189. The molecule has 0 spiro atoms. The molecule has 3 nitrogen and oxygen atoms in total. The van der Waals surface area contributed by atoms with Crippen LogP contribution in [0.2, 0.25) is 0 Å². The van der Waals surface area contributed by atoms with Crippen LogP contribution >= 0.6 is 15.9 Å². The first-order valence-electron chi connectivity index (χ1n) is 5.87. The molecule has 0 saturated heterocycles. The first kappa shape index (κ1) is 13.0. The van der Waals surface area contributed by atoms with Gasteiger partial charge in [-0.3, -0.25) is 0 Å². The molecule has 0 saturated carbocycles. The smallest absolute Gasteiger partial charge is 0.130 e. The fraction of sp³-hybridized carbons (Fsp3) is 0.286. The predicted molar refractivity (Wildman–Crippen MR) is 75.5 cm³/mol. The highest BCUT2D eigenvalue weighted by atomic mass is 79.9. The van der Waals surface area contributed by atoms with E-state index in [-0.39, 0.29) is 5.78 Å². The van der Waals surface area contributed by atoms with E-state index in [1.807, 2.05) is 31.2 Å². The molecule has 1 heterocycles. The van der Waals surface area contributed by atoms with Crippen LogP contribution in [-0.4, -0.2) is 15.8 Å². The molecule has 0 bridgehead atoms. The van der Waals surface area contributed by atoms with Crippen LogP contribution in [0.5, 0.6) is 0 Å². The van der Waals surface area contributed by atoms with E-state index in [0.717, 1.165) is 27.2 Å². The Morgan fingerprint density at radius 1 is 1.33 bits per heavy atom. The Bertz CT molecular complexity index is 558. The van der Waals surface area contributed by atoms with Crippen molar-refractivity contribution in [2.75, 3.05) is 0 Å². The van der Waals surface area contributed by atoms with Gasteiger partial charge in [0.05, 0.1) is 5.69 Å². The van der Waals surface area contributed by atoms with E-state index in [9.17, 15) is 4.79 Å². The molecule has 2 aromatic rings. The number of aromatic nitrogens is 2. The summed E-state index contributed by atoms with van der Waals surface area (Å²) in [4.78, 5) is 18.8. The molecule has 0 atom stereocenters. The molecule has 2 rings (SSSR count). The number of benzene rings is 1. The maximum absolute atomic E-state index is 11.0. The largest absolute Gasteiger partial charge is 0.346 e. The zero-order valence-electron chi connectivity index (χ0n) is 10.5. The van der Waals surface area contributed by atoms with Gasteiger partial charge >= 0.3 is 0 Å². The Labute approximate surface area is 115 Å². The topological polar surface area (TPSA) is 45.8 Å². The summed E-state index contributed by atoms with van der Waals surface area (Å²) in [6.45, 7) is 3.60. The van der Waals surface area contributed by atoms with Crippen LogP contribution < -0.4 is 0 Å². The van der Waals surface area contributed by atoms with Crippen molar-refractivity contribution in [2.24, 2.45) is 0 Å². The molecule has 0 amide bonds. The lowest BCUT2D eigenvalue weighted by Gasteiger charge is -1.98. The number of H-pyrrole nitrogens is 1. The van der Waals surface area contributed by atoms with Gasteiger partial charge in [-0.25, -0.2) is 4.98 Å². The minimum Gasteiger partial charge on any atom is -0.346 e. The second kappa shape index (κ2) is 5.48. The van der Waals surface area contributed by atoms with Crippen LogP contribution in [0.25, 0.3) is 11.3 Å². The van der Waals surface area contributed by atoms with Crippen LogP contribution in [0.3, 0.4) is 0 Å². The third-order valence-corrected chi connectivity index (χ3v) is 3.29. The summed E-state index contributed by atoms with van der Waals surface area (Å²) in [6.07, 6.45) is 1.21. The number of hydrogen-bond acceptors (Lipinski definition) is 2. The van der Waals surface area contributed by atoms with Gasteiger partial charge in [-0.2, -0.15) is 0 Å². The average molecular weight is 307 g/mol. The summed E-state index contributed by atoms with van der Waals surface area (Å²) in [5.74, 6) is 1.06. The molecule has 0 aliphatic rings. The third kappa shape index (κ3) is 3.07. The Kier molecular flexibility index (Phi) is 3.97. The molecule has 18 heavy (non-hydrogen) atoms. The lowest BCUT2D eigenvalue weighted by Crippen LogP contribution is -1.95. The van der Waals surface area contributed by atoms with Crippen LogP contribution in [0.4, 0.5) is 0 Å². The number of nitrogens with one attached hydrogen (secondary N) is 1. The Morgan fingerprint density at radius 3 is 2.61 bits per heavy atom. The van der Waals surface area contributed by atoms with E-state index < -0.39 is 0 Å². The van der Waals surface area contributed by atoms with E-state index in [1.54, 1.807) is 6.92 Å². The molecule has 0 aliphatic carbocycles. The minimum absolute atomic E-state index is 0.189. The number of Topliss-reactive ketones (excluding diaryl/α,β-unsaturated/α-hetero) is 1. The molecule has 1 aromatic carbocycles.